The van der Waals surface area contributed by atoms with Gasteiger partial charge in [0.2, 0.25) is 0 Å². The minimum absolute atomic E-state index is 0.223. The second-order valence-electron chi connectivity index (χ2n) is 2.59. The summed E-state index contributed by atoms with van der Waals surface area (Å²) in [7, 11) is 0. The van der Waals surface area contributed by atoms with Gasteiger partial charge in [-0.3, -0.25) is 0 Å². The van der Waals surface area contributed by atoms with E-state index in [2.05, 4.69) is 10.7 Å². The summed E-state index contributed by atoms with van der Waals surface area (Å²) in [6, 6.07) is 0.304. The predicted octanol–water partition coefficient (Wildman–Crippen LogP) is -0.498. The van der Waals surface area contributed by atoms with E-state index in [4.69, 9.17) is 22.8 Å². The molecule has 1 rings (SSSR count). The van der Waals surface area contributed by atoms with Crippen LogP contribution in [0.1, 0.15) is 13.3 Å². The van der Waals surface area contributed by atoms with Crippen LogP contribution in [0.15, 0.2) is 0 Å². The third-order valence-corrected chi connectivity index (χ3v) is 2.06. The highest BCUT2D eigenvalue weighted by Gasteiger charge is 2.24. The smallest absolute Gasteiger partial charge is 0.180 e. The number of nitrogens with two attached hydrogens (primary N) is 1. The highest BCUT2D eigenvalue weighted by molar-refractivity contribution is 7.80. The fraction of sp³-hybridized carbons (Fsp3) is 0.833. The number of rotatable bonds is 1. The fourth-order valence-electron chi connectivity index (χ4n) is 1.13. The molecule has 1 saturated heterocycles. The summed E-state index contributed by atoms with van der Waals surface area (Å²) < 4.78 is 5.32. The molecular weight excluding hydrogens is 162 g/mol. The van der Waals surface area contributed by atoms with Gasteiger partial charge in [0.15, 0.2) is 5.11 Å². The molecule has 1 fully saturated rings. The Bertz CT molecular complexity index is 153. The molecule has 0 radical (unpaired) electrons. The minimum Gasteiger partial charge on any atom is -0.376 e. The molecule has 0 aliphatic carbocycles. The van der Waals surface area contributed by atoms with Crippen LogP contribution in [0, 0.1) is 0 Å². The lowest BCUT2D eigenvalue weighted by molar-refractivity contribution is 0.116. The molecule has 11 heavy (non-hydrogen) atoms. The molecule has 0 aromatic carbocycles. The molecule has 1 aliphatic rings. The number of hydrogen-bond donors (Lipinski definition) is 3. The second kappa shape index (κ2) is 3.85. The first-order chi connectivity index (χ1) is 5.24. The molecule has 64 valence electrons. The highest BCUT2D eigenvalue weighted by atomic mass is 32.1. The van der Waals surface area contributed by atoms with Crippen LogP contribution in [0.2, 0.25) is 0 Å². The van der Waals surface area contributed by atoms with Gasteiger partial charge in [-0.25, -0.2) is 5.84 Å². The Kier molecular flexibility index (Phi) is 3.04. The van der Waals surface area contributed by atoms with Crippen LogP contribution in [-0.2, 0) is 4.74 Å². The van der Waals surface area contributed by atoms with Crippen LogP contribution in [0.25, 0.3) is 0 Å². The SMILES string of the molecule is CC1OCCC1NC(=S)NN. The minimum atomic E-state index is 0.223. The zero-order valence-corrected chi connectivity index (χ0v) is 7.28. The van der Waals surface area contributed by atoms with E-state index in [1.807, 2.05) is 6.92 Å². The molecule has 5 heteroatoms. The van der Waals surface area contributed by atoms with Crippen LogP contribution in [0.5, 0.6) is 0 Å². The van der Waals surface area contributed by atoms with Crippen molar-refractivity contribution in [3.05, 3.63) is 0 Å². The van der Waals surface area contributed by atoms with E-state index in [1.165, 1.54) is 0 Å². The molecule has 1 aliphatic heterocycles. The Hall–Kier alpha value is -0.390. The van der Waals surface area contributed by atoms with Gasteiger partial charge in [0.1, 0.15) is 0 Å². The second-order valence-corrected chi connectivity index (χ2v) is 3.00. The van der Waals surface area contributed by atoms with Gasteiger partial charge in [-0.1, -0.05) is 0 Å². The summed E-state index contributed by atoms with van der Waals surface area (Å²) in [6.45, 7) is 2.82. The first-order valence-electron chi connectivity index (χ1n) is 3.62. The maximum Gasteiger partial charge on any atom is 0.180 e. The average Bonchev–Trinajstić information content (AvgIpc) is 2.37. The van der Waals surface area contributed by atoms with Gasteiger partial charge in [-0.05, 0) is 25.6 Å². The fourth-order valence-corrected chi connectivity index (χ4v) is 1.28. The number of ether oxygens (including phenoxy) is 1. The van der Waals surface area contributed by atoms with Crippen molar-refractivity contribution in [2.24, 2.45) is 5.84 Å². The molecule has 1 heterocycles. The number of hydrazine groups is 1. The lowest BCUT2D eigenvalue weighted by atomic mass is 10.2. The molecule has 4 nitrogen and oxygen atoms in total. The van der Waals surface area contributed by atoms with Gasteiger partial charge >= 0.3 is 0 Å². The van der Waals surface area contributed by atoms with E-state index in [0.717, 1.165) is 13.0 Å². The van der Waals surface area contributed by atoms with E-state index in [-0.39, 0.29) is 6.10 Å². The molecule has 2 atom stereocenters. The van der Waals surface area contributed by atoms with Crippen molar-refractivity contribution >= 4 is 17.3 Å². The number of nitrogens with one attached hydrogen (secondary N) is 2. The van der Waals surface area contributed by atoms with Gasteiger partial charge < -0.3 is 15.5 Å². The number of thiocarbonyl (C=S) groups is 1. The van der Waals surface area contributed by atoms with E-state index >= 15 is 0 Å². The quantitative estimate of drug-likeness (QED) is 0.285. The zero-order chi connectivity index (χ0) is 8.27. The van der Waals surface area contributed by atoms with Crippen molar-refractivity contribution in [1.29, 1.82) is 0 Å². The largest absolute Gasteiger partial charge is 0.376 e. The van der Waals surface area contributed by atoms with Gasteiger partial charge in [-0.15, -0.1) is 0 Å². The summed E-state index contributed by atoms with van der Waals surface area (Å²) >= 11 is 4.84. The molecule has 4 N–H and O–H groups in total. The monoisotopic (exact) mass is 175 g/mol. The first kappa shape index (κ1) is 8.70. The van der Waals surface area contributed by atoms with Crippen molar-refractivity contribution < 1.29 is 4.74 Å². The molecule has 0 aromatic heterocycles. The molecule has 0 aromatic rings. The predicted molar refractivity (Wildman–Crippen MR) is 46.9 cm³/mol. The summed E-state index contributed by atoms with van der Waals surface area (Å²) in [5, 5.41) is 3.53. The van der Waals surface area contributed by atoms with Gasteiger partial charge in [0.05, 0.1) is 12.1 Å². The summed E-state index contributed by atoms with van der Waals surface area (Å²) in [5.74, 6) is 5.10. The lowest BCUT2D eigenvalue weighted by Crippen LogP contribution is -2.47. The summed E-state index contributed by atoms with van der Waals surface area (Å²) in [4.78, 5) is 0. The standard InChI is InChI=1S/C6H13N3OS/c1-4-5(2-3-10-4)8-6(11)9-7/h4-5H,2-3,7H2,1H3,(H2,8,9,11). The Balaban J connectivity index is 2.30. The van der Waals surface area contributed by atoms with Crippen LogP contribution in [0.4, 0.5) is 0 Å². The van der Waals surface area contributed by atoms with E-state index in [1.54, 1.807) is 0 Å². The van der Waals surface area contributed by atoms with Gasteiger partial charge in [-0.2, -0.15) is 0 Å². The van der Waals surface area contributed by atoms with E-state index < -0.39 is 0 Å². The van der Waals surface area contributed by atoms with Gasteiger partial charge in [0.25, 0.3) is 0 Å². The Morgan fingerprint density at radius 3 is 2.91 bits per heavy atom. The van der Waals surface area contributed by atoms with Crippen LogP contribution < -0.4 is 16.6 Å². The summed E-state index contributed by atoms with van der Waals surface area (Å²) in [5.41, 5.74) is 2.38. The molecule has 0 saturated carbocycles. The van der Waals surface area contributed by atoms with Crippen molar-refractivity contribution in [2.75, 3.05) is 6.61 Å². The van der Waals surface area contributed by atoms with Crippen molar-refractivity contribution in [2.45, 2.75) is 25.5 Å². The topological polar surface area (TPSA) is 59.3 Å². The maximum absolute atomic E-state index is 5.32. The molecule has 0 spiro atoms. The Labute approximate surface area is 71.4 Å². The lowest BCUT2D eigenvalue weighted by Gasteiger charge is -2.16. The Morgan fingerprint density at radius 1 is 1.73 bits per heavy atom. The van der Waals surface area contributed by atoms with Gasteiger partial charge in [0, 0.05) is 6.61 Å². The van der Waals surface area contributed by atoms with Crippen molar-refractivity contribution in [3.63, 3.8) is 0 Å². The summed E-state index contributed by atoms with van der Waals surface area (Å²) in [6.07, 6.45) is 1.21. The molecular formula is C6H13N3OS. The molecule has 2 unspecified atom stereocenters. The van der Waals surface area contributed by atoms with Crippen LogP contribution in [-0.4, -0.2) is 23.9 Å². The number of hydrogen-bond acceptors (Lipinski definition) is 3. The zero-order valence-electron chi connectivity index (χ0n) is 6.46. The highest BCUT2D eigenvalue weighted by Crippen LogP contribution is 2.11. The Morgan fingerprint density at radius 2 is 2.45 bits per heavy atom. The molecule has 0 amide bonds. The molecule has 0 bridgehead atoms. The average molecular weight is 175 g/mol. The van der Waals surface area contributed by atoms with Crippen LogP contribution in [0.3, 0.4) is 0 Å². The maximum atomic E-state index is 5.32. The first-order valence-corrected chi connectivity index (χ1v) is 4.03. The third kappa shape index (κ3) is 2.28. The van der Waals surface area contributed by atoms with Crippen LogP contribution >= 0.6 is 12.2 Å². The van der Waals surface area contributed by atoms with E-state index in [0.29, 0.717) is 11.2 Å². The normalized spacial score (nSPS) is 30.0. The third-order valence-electron chi connectivity index (χ3n) is 1.82. The van der Waals surface area contributed by atoms with Crippen molar-refractivity contribution in [3.8, 4) is 0 Å². The van der Waals surface area contributed by atoms with E-state index in [9.17, 15) is 0 Å². The van der Waals surface area contributed by atoms with Crippen molar-refractivity contribution in [1.82, 2.24) is 10.7 Å².